The highest BCUT2D eigenvalue weighted by Gasteiger charge is 2.04. The molecule has 0 radical (unpaired) electrons. The van der Waals surface area contributed by atoms with Crippen LogP contribution in [0, 0.1) is 19.8 Å². The number of methoxy groups -OCH3 is 1. The Morgan fingerprint density at radius 1 is 1.40 bits per heavy atom. The van der Waals surface area contributed by atoms with Gasteiger partial charge in [0.1, 0.15) is 6.79 Å². The Balaban J connectivity index is 0.000000921. The van der Waals surface area contributed by atoms with Crippen molar-refractivity contribution < 1.29 is 9.47 Å². The Morgan fingerprint density at radius 2 is 2.07 bits per heavy atom. The van der Waals surface area contributed by atoms with E-state index in [1.165, 1.54) is 0 Å². The van der Waals surface area contributed by atoms with Crippen molar-refractivity contribution in [3.63, 3.8) is 0 Å². The molecule has 15 heavy (non-hydrogen) atoms. The molecule has 1 aromatic rings. The van der Waals surface area contributed by atoms with Gasteiger partial charge >= 0.3 is 0 Å². The first-order valence-electron chi connectivity index (χ1n) is 4.60. The van der Waals surface area contributed by atoms with Crippen molar-refractivity contribution in [1.29, 1.82) is 0 Å². The number of pyridine rings is 1. The lowest BCUT2D eigenvalue weighted by molar-refractivity contribution is -0.0667. The topological polar surface area (TPSA) is 31.4 Å². The maximum absolute atomic E-state index is 5.35. The van der Waals surface area contributed by atoms with Crippen LogP contribution in [0.15, 0.2) is 18.3 Å². The minimum absolute atomic E-state index is 0.0352. The second kappa shape index (κ2) is 7.98. The van der Waals surface area contributed by atoms with Gasteiger partial charge in [0.2, 0.25) is 0 Å². The number of rotatable bonds is 4. The molecule has 3 heteroatoms. The minimum atomic E-state index is 0.0352. The van der Waals surface area contributed by atoms with Gasteiger partial charge in [-0.25, -0.2) is 0 Å². The average Bonchev–Trinajstić information content (AvgIpc) is 2.29. The van der Waals surface area contributed by atoms with Crippen molar-refractivity contribution in [2.24, 2.45) is 0 Å². The van der Waals surface area contributed by atoms with Crippen molar-refractivity contribution in [1.82, 2.24) is 4.98 Å². The molecule has 0 amide bonds. The van der Waals surface area contributed by atoms with Crippen LogP contribution in [0.4, 0.5) is 0 Å². The number of hydrogen-bond donors (Lipinski definition) is 0. The predicted octanol–water partition coefficient (Wildman–Crippen LogP) is 2.32. The van der Waals surface area contributed by atoms with Crippen LogP contribution in [0.1, 0.15) is 24.3 Å². The largest absolute Gasteiger partial charge is 0.359 e. The van der Waals surface area contributed by atoms with E-state index in [1.54, 1.807) is 7.11 Å². The summed E-state index contributed by atoms with van der Waals surface area (Å²) in [7, 11) is 1.61. The quantitative estimate of drug-likeness (QED) is 0.561. The summed E-state index contributed by atoms with van der Waals surface area (Å²) in [5.74, 6) is 0. The van der Waals surface area contributed by atoms with Gasteiger partial charge in [0.25, 0.3) is 0 Å². The molecule has 0 aliphatic carbocycles. The maximum atomic E-state index is 5.35. The van der Waals surface area contributed by atoms with Crippen molar-refractivity contribution in [2.75, 3.05) is 13.9 Å². The van der Waals surface area contributed by atoms with Crippen molar-refractivity contribution >= 4 is 0 Å². The molecule has 0 saturated heterocycles. The molecule has 0 bridgehead atoms. The molecule has 1 atom stereocenters. The van der Waals surface area contributed by atoms with Crippen molar-refractivity contribution in [3.8, 4) is 12.8 Å². The summed E-state index contributed by atoms with van der Waals surface area (Å²) >= 11 is 0. The first-order chi connectivity index (χ1) is 7.24. The van der Waals surface area contributed by atoms with Gasteiger partial charge in [-0.15, -0.1) is 12.8 Å². The van der Waals surface area contributed by atoms with Crippen LogP contribution < -0.4 is 0 Å². The van der Waals surface area contributed by atoms with Crippen LogP contribution in [0.5, 0.6) is 0 Å². The van der Waals surface area contributed by atoms with E-state index in [2.05, 4.69) is 17.8 Å². The summed E-state index contributed by atoms with van der Waals surface area (Å²) in [6.07, 6.45) is 9.86. The van der Waals surface area contributed by atoms with Crippen molar-refractivity contribution in [3.05, 3.63) is 29.6 Å². The average molecular weight is 207 g/mol. The zero-order valence-electron chi connectivity index (χ0n) is 9.43. The third-order valence-electron chi connectivity index (χ3n) is 1.84. The van der Waals surface area contributed by atoms with E-state index in [0.717, 1.165) is 11.3 Å². The fourth-order valence-electron chi connectivity index (χ4n) is 0.986. The van der Waals surface area contributed by atoms with E-state index in [9.17, 15) is 0 Å². The van der Waals surface area contributed by atoms with Crippen LogP contribution >= 0.6 is 0 Å². The molecule has 3 nitrogen and oxygen atoms in total. The number of ether oxygens (including phenoxy) is 2. The zero-order chi connectivity index (χ0) is 11.7. The standard InChI is InChI=1S/C10H15NO2.C2H2/c1-8-4-5-10(6-11-8)9(2)13-7-12-3;1-2/h4-6,9H,7H2,1-3H3;1-2H. The summed E-state index contributed by atoms with van der Waals surface area (Å²) in [5.41, 5.74) is 2.09. The molecule has 0 N–H and O–H groups in total. The molecule has 0 aliphatic heterocycles. The lowest BCUT2D eigenvalue weighted by atomic mass is 10.2. The number of hydrogen-bond acceptors (Lipinski definition) is 3. The van der Waals surface area contributed by atoms with Crippen LogP contribution in [-0.2, 0) is 9.47 Å². The molecule has 0 aliphatic rings. The van der Waals surface area contributed by atoms with Gasteiger partial charge in [0, 0.05) is 19.0 Å². The first-order valence-corrected chi connectivity index (χ1v) is 4.60. The normalized spacial score (nSPS) is 11.3. The lowest BCUT2D eigenvalue weighted by Gasteiger charge is -2.11. The molecular weight excluding hydrogens is 190 g/mol. The lowest BCUT2D eigenvalue weighted by Crippen LogP contribution is -2.03. The van der Waals surface area contributed by atoms with E-state index in [0.29, 0.717) is 6.79 Å². The summed E-state index contributed by atoms with van der Waals surface area (Å²) in [5, 5.41) is 0. The molecule has 0 spiro atoms. The van der Waals surface area contributed by atoms with Crippen LogP contribution in [0.25, 0.3) is 0 Å². The van der Waals surface area contributed by atoms with Gasteiger partial charge in [0.15, 0.2) is 0 Å². The van der Waals surface area contributed by atoms with Crippen LogP contribution in [-0.4, -0.2) is 18.9 Å². The molecule has 1 unspecified atom stereocenters. The molecule has 0 fully saturated rings. The summed E-state index contributed by atoms with van der Waals surface area (Å²) in [4.78, 5) is 4.19. The third-order valence-corrected chi connectivity index (χ3v) is 1.84. The number of terminal acetylenes is 1. The summed E-state index contributed by atoms with van der Waals surface area (Å²) in [6.45, 7) is 4.25. The van der Waals surface area contributed by atoms with Crippen molar-refractivity contribution in [2.45, 2.75) is 20.0 Å². The van der Waals surface area contributed by atoms with E-state index in [4.69, 9.17) is 9.47 Å². The Kier molecular flexibility index (Phi) is 7.25. The van der Waals surface area contributed by atoms with Gasteiger partial charge < -0.3 is 9.47 Å². The zero-order valence-corrected chi connectivity index (χ0v) is 9.43. The monoisotopic (exact) mass is 207 g/mol. The first kappa shape index (κ1) is 13.6. The van der Waals surface area contributed by atoms with Gasteiger partial charge in [-0.1, -0.05) is 6.07 Å². The Bertz CT molecular complexity index is 279. The minimum Gasteiger partial charge on any atom is -0.359 e. The predicted molar refractivity (Wildman–Crippen MR) is 60.2 cm³/mol. The second-order valence-corrected chi connectivity index (χ2v) is 2.95. The van der Waals surface area contributed by atoms with Gasteiger partial charge in [-0.2, -0.15) is 0 Å². The Morgan fingerprint density at radius 3 is 2.53 bits per heavy atom. The van der Waals surface area contributed by atoms with E-state index >= 15 is 0 Å². The highest BCUT2D eigenvalue weighted by molar-refractivity contribution is 5.15. The van der Waals surface area contributed by atoms with Crippen LogP contribution in [0.2, 0.25) is 0 Å². The smallest absolute Gasteiger partial charge is 0.147 e. The Hall–Kier alpha value is -1.37. The van der Waals surface area contributed by atoms with Gasteiger partial charge in [0.05, 0.1) is 6.10 Å². The molecule has 82 valence electrons. The van der Waals surface area contributed by atoms with Gasteiger partial charge in [-0.3, -0.25) is 4.98 Å². The second-order valence-electron chi connectivity index (χ2n) is 2.95. The Labute approximate surface area is 91.4 Å². The molecule has 1 heterocycles. The highest BCUT2D eigenvalue weighted by atomic mass is 16.7. The number of aryl methyl sites for hydroxylation is 1. The van der Waals surface area contributed by atoms with Gasteiger partial charge in [-0.05, 0) is 25.5 Å². The molecule has 0 saturated carbocycles. The molecule has 0 aromatic carbocycles. The highest BCUT2D eigenvalue weighted by Crippen LogP contribution is 2.15. The summed E-state index contributed by atoms with van der Waals surface area (Å²) < 4.78 is 10.2. The number of aromatic nitrogens is 1. The number of nitrogens with zero attached hydrogens (tertiary/aromatic N) is 1. The molecular formula is C12H17NO2. The van der Waals surface area contributed by atoms with E-state index in [1.807, 2.05) is 32.2 Å². The third kappa shape index (κ3) is 5.16. The van der Waals surface area contributed by atoms with Crippen LogP contribution in [0.3, 0.4) is 0 Å². The van der Waals surface area contributed by atoms with E-state index < -0.39 is 0 Å². The molecule has 1 rings (SSSR count). The fraction of sp³-hybridized carbons (Fsp3) is 0.417. The molecule has 1 aromatic heterocycles. The van der Waals surface area contributed by atoms with E-state index in [-0.39, 0.29) is 6.10 Å². The summed E-state index contributed by atoms with van der Waals surface area (Å²) in [6, 6.07) is 3.99. The maximum Gasteiger partial charge on any atom is 0.147 e. The SMILES string of the molecule is C#C.COCOC(C)c1ccc(C)nc1. The fourth-order valence-corrected chi connectivity index (χ4v) is 0.986.